The molecule has 0 N–H and O–H groups in total. The lowest BCUT2D eigenvalue weighted by Gasteiger charge is -1.95. The topological polar surface area (TPSA) is 21.8 Å². The Kier molecular flexibility index (Phi) is 2.62. The largest absolute Gasteiger partial charge is 0.498 e. The molecule has 1 saturated heterocycles. The van der Waals surface area contributed by atoms with Gasteiger partial charge in [0.05, 0.1) is 12.9 Å². The molecule has 2 heteroatoms. The van der Waals surface area contributed by atoms with Crippen molar-refractivity contribution in [2.45, 2.75) is 6.10 Å². The maximum Gasteiger partial charge on any atom is 0.116 e. The summed E-state index contributed by atoms with van der Waals surface area (Å²) in [6, 6.07) is 10.1. The normalized spacial score (nSPS) is 20.5. The molecule has 1 atom stereocenters. The van der Waals surface area contributed by atoms with E-state index in [1.165, 1.54) is 0 Å². The van der Waals surface area contributed by atoms with E-state index in [2.05, 4.69) is 0 Å². The van der Waals surface area contributed by atoms with Gasteiger partial charge in [0, 0.05) is 0 Å². The van der Waals surface area contributed by atoms with Gasteiger partial charge in [-0.3, -0.25) is 0 Å². The molecule has 1 aromatic carbocycles. The molecular weight excluding hydrogens is 164 g/mol. The quantitative estimate of drug-likeness (QED) is 0.517. The summed E-state index contributed by atoms with van der Waals surface area (Å²) in [5.41, 5.74) is 1.15. The summed E-state index contributed by atoms with van der Waals surface area (Å²) in [5, 5.41) is 0. The monoisotopic (exact) mass is 176 g/mol. The van der Waals surface area contributed by atoms with Gasteiger partial charge in [0.25, 0.3) is 0 Å². The third-order valence-electron chi connectivity index (χ3n) is 1.84. The zero-order valence-corrected chi connectivity index (χ0v) is 7.35. The third kappa shape index (κ3) is 2.92. The fourth-order valence-electron chi connectivity index (χ4n) is 1.02. The molecule has 0 aliphatic carbocycles. The van der Waals surface area contributed by atoms with Gasteiger partial charge in [0.15, 0.2) is 0 Å². The van der Waals surface area contributed by atoms with Crippen LogP contribution in [0, 0.1) is 0 Å². The molecule has 1 fully saturated rings. The van der Waals surface area contributed by atoms with Crippen LogP contribution in [0.5, 0.6) is 0 Å². The zero-order chi connectivity index (χ0) is 8.93. The molecule has 1 heterocycles. The molecule has 0 radical (unpaired) electrons. The molecule has 2 rings (SSSR count). The van der Waals surface area contributed by atoms with E-state index in [9.17, 15) is 0 Å². The van der Waals surface area contributed by atoms with Crippen molar-refractivity contribution in [2.75, 3.05) is 13.2 Å². The Balaban J connectivity index is 1.76. The van der Waals surface area contributed by atoms with E-state index in [0.29, 0.717) is 12.7 Å². The molecule has 0 amide bonds. The highest BCUT2D eigenvalue weighted by molar-refractivity contribution is 5.47. The lowest BCUT2D eigenvalue weighted by atomic mass is 10.2. The molecule has 1 aliphatic rings. The van der Waals surface area contributed by atoms with Crippen molar-refractivity contribution in [3.05, 3.63) is 42.2 Å². The van der Waals surface area contributed by atoms with Crippen LogP contribution in [0.1, 0.15) is 5.56 Å². The third-order valence-corrected chi connectivity index (χ3v) is 1.84. The highest BCUT2D eigenvalue weighted by atomic mass is 16.6. The maximum absolute atomic E-state index is 5.26. The van der Waals surface area contributed by atoms with Crippen molar-refractivity contribution in [1.82, 2.24) is 0 Å². The number of hydrogen-bond acceptors (Lipinski definition) is 2. The van der Waals surface area contributed by atoms with Crippen molar-refractivity contribution < 1.29 is 9.47 Å². The number of epoxide rings is 1. The second-order valence-corrected chi connectivity index (χ2v) is 3.00. The van der Waals surface area contributed by atoms with Gasteiger partial charge in [-0.1, -0.05) is 30.3 Å². The lowest BCUT2D eigenvalue weighted by Crippen LogP contribution is -1.94. The molecule has 2 nitrogen and oxygen atoms in total. The van der Waals surface area contributed by atoms with Crippen LogP contribution in [0.25, 0.3) is 6.08 Å². The predicted molar refractivity (Wildman–Crippen MR) is 51.2 cm³/mol. The Bertz CT molecular complexity index is 275. The SMILES string of the molecule is C(=C\c1ccccc1)/OCC1CO1. The molecule has 1 aromatic rings. The van der Waals surface area contributed by atoms with Crippen molar-refractivity contribution >= 4 is 6.08 Å². The summed E-state index contributed by atoms with van der Waals surface area (Å²) in [7, 11) is 0. The predicted octanol–water partition coefficient (Wildman–Crippen LogP) is 2.07. The fourth-order valence-corrected chi connectivity index (χ4v) is 1.02. The van der Waals surface area contributed by atoms with Gasteiger partial charge in [-0.2, -0.15) is 0 Å². The number of rotatable bonds is 4. The summed E-state index contributed by atoms with van der Waals surface area (Å²) in [6.07, 6.45) is 4.00. The van der Waals surface area contributed by atoms with E-state index in [1.807, 2.05) is 36.4 Å². The van der Waals surface area contributed by atoms with Gasteiger partial charge in [-0.25, -0.2) is 0 Å². The Morgan fingerprint density at radius 3 is 2.85 bits per heavy atom. The van der Waals surface area contributed by atoms with Crippen LogP contribution < -0.4 is 0 Å². The molecule has 68 valence electrons. The van der Waals surface area contributed by atoms with Crippen LogP contribution in [0.3, 0.4) is 0 Å². The van der Waals surface area contributed by atoms with Gasteiger partial charge >= 0.3 is 0 Å². The Morgan fingerprint density at radius 2 is 2.15 bits per heavy atom. The Morgan fingerprint density at radius 1 is 1.38 bits per heavy atom. The summed E-state index contributed by atoms with van der Waals surface area (Å²) < 4.78 is 10.3. The van der Waals surface area contributed by atoms with Crippen LogP contribution in [0.4, 0.5) is 0 Å². The van der Waals surface area contributed by atoms with Crippen LogP contribution in [0.2, 0.25) is 0 Å². The molecule has 0 bridgehead atoms. The van der Waals surface area contributed by atoms with E-state index in [4.69, 9.17) is 9.47 Å². The molecule has 13 heavy (non-hydrogen) atoms. The number of benzene rings is 1. The molecule has 0 saturated carbocycles. The second kappa shape index (κ2) is 4.10. The maximum atomic E-state index is 5.26. The molecule has 1 unspecified atom stereocenters. The fraction of sp³-hybridized carbons (Fsp3) is 0.273. The van der Waals surface area contributed by atoms with Gasteiger partial charge < -0.3 is 9.47 Å². The summed E-state index contributed by atoms with van der Waals surface area (Å²) in [5.74, 6) is 0. The van der Waals surface area contributed by atoms with E-state index >= 15 is 0 Å². The Hall–Kier alpha value is -1.28. The first-order valence-electron chi connectivity index (χ1n) is 4.40. The molecular formula is C11H12O2. The minimum absolute atomic E-state index is 0.334. The van der Waals surface area contributed by atoms with Gasteiger partial charge in [0.1, 0.15) is 12.7 Å². The lowest BCUT2D eigenvalue weighted by molar-refractivity contribution is 0.214. The molecule has 1 aliphatic heterocycles. The van der Waals surface area contributed by atoms with Gasteiger partial charge in [-0.05, 0) is 11.6 Å². The summed E-state index contributed by atoms with van der Waals surface area (Å²) in [6.45, 7) is 1.52. The summed E-state index contributed by atoms with van der Waals surface area (Å²) in [4.78, 5) is 0. The molecule has 0 spiro atoms. The first kappa shape index (κ1) is 8.32. The minimum atomic E-state index is 0.334. The van der Waals surface area contributed by atoms with E-state index < -0.39 is 0 Å². The standard InChI is InChI=1S/C11H12O2/c1-2-4-10(5-3-1)6-7-12-8-11-9-13-11/h1-7,11H,8-9H2/b7-6+. The highest BCUT2D eigenvalue weighted by Crippen LogP contribution is 2.09. The van der Waals surface area contributed by atoms with E-state index in [1.54, 1.807) is 6.26 Å². The van der Waals surface area contributed by atoms with Crippen LogP contribution in [-0.4, -0.2) is 19.3 Å². The summed E-state index contributed by atoms with van der Waals surface area (Å²) >= 11 is 0. The minimum Gasteiger partial charge on any atom is -0.498 e. The average molecular weight is 176 g/mol. The van der Waals surface area contributed by atoms with Crippen LogP contribution in [0.15, 0.2) is 36.6 Å². The van der Waals surface area contributed by atoms with E-state index in [-0.39, 0.29) is 0 Å². The van der Waals surface area contributed by atoms with Crippen LogP contribution >= 0.6 is 0 Å². The number of ether oxygens (including phenoxy) is 2. The van der Waals surface area contributed by atoms with Crippen molar-refractivity contribution in [3.63, 3.8) is 0 Å². The zero-order valence-electron chi connectivity index (χ0n) is 7.35. The van der Waals surface area contributed by atoms with Crippen molar-refractivity contribution in [1.29, 1.82) is 0 Å². The van der Waals surface area contributed by atoms with Crippen LogP contribution in [-0.2, 0) is 9.47 Å². The van der Waals surface area contributed by atoms with Gasteiger partial charge in [-0.15, -0.1) is 0 Å². The first-order chi connectivity index (χ1) is 6.45. The van der Waals surface area contributed by atoms with Crippen molar-refractivity contribution in [2.24, 2.45) is 0 Å². The van der Waals surface area contributed by atoms with E-state index in [0.717, 1.165) is 12.2 Å². The smallest absolute Gasteiger partial charge is 0.116 e. The molecule has 0 aromatic heterocycles. The van der Waals surface area contributed by atoms with Gasteiger partial charge in [0.2, 0.25) is 0 Å². The second-order valence-electron chi connectivity index (χ2n) is 3.00. The van der Waals surface area contributed by atoms with Crippen molar-refractivity contribution in [3.8, 4) is 0 Å². The first-order valence-corrected chi connectivity index (χ1v) is 4.40. The average Bonchev–Trinajstić information content (AvgIpc) is 2.98. The Labute approximate surface area is 77.8 Å². The number of hydrogen-bond donors (Lipinski definition) is 0. The highest BCUT2D eigenvalue weighted by Gasteiger charge is 2.22.